The summed E-state index contributed by atoms with van der Waals surface area (Å²) in [5, 5.41) is 10.9. The number of hydrogen-bond donors (Lipinski definition) is 3. The van der Waals surface area contributed by atoms with Gasteiger partial charge in [-0.2, -0.15) is 0 Å². The van der Waals surface area contributed by atoms with E-state index in [1.54, 1.807) is 0 Å². The first-order valence-electron chi connectivity index (χ1n) is 12.1. The van der Waals surface area contributed by atoms with Crippen molar-refractivity contribution in [2.24, 2.45) is 5.92 Å². The van der Waals surface area contributed by atoms with E-state index in [0.717, 1.165) is 56.3 Å². The minimum absolute atomic E-state index is 0.411. The summed E-state index contributed by atoms with van der Waals surface area (Å²) in [4.78, 5) is 5.01. The first-order chi connectivity index (χ1) is 15.2. The van der Waals surface area contributed by atoms with Gasteiger partial charge >= 0.3 is 0 Å². The van der Waals surface area contributed by atoms with E-state index in [1.165, 1.54) is 49.1 Å². The van der Waals surface area contributed by atoms with Crippen LogP contribution < -0.4 is 16.0 Å². The van der Waals surface area contributed by atoms with Crippen LogP contribution in [0.25, 0.3) is 0 Å². The summed E-state index contributed by atoms with van der Waals surface area (Å²) in [6.45, 7) is 13.9. The average Bonchev–Trinajstić information content (AvgIpc) is 3.56. The van der Waals surface area contributed by atoms with E-state index in [1.807, 2.05) is 0 Å². The Kier molecular flexibility index (Phi) is 5.95. The Balaban J connectivity index is 1.03. The Bertz CT molecular complexity index is 855. The molecule has 3 N–H and O–H groups in total. The lowest BCUT2D eigenvalue weighted by Gasteiger charge is -2.36. The van der Waals surface area contributed by atoms with E-state index in [2.05, 4.69) is 69.4 Å². The van der Waals surface area contributed by atoms with Crippen molar-refractivity contribution in [3.05, 3.63) is 71.8 Å². The van der Waals surface area contributed by atoms with Crippen LogP contribution in [0, 0.1) is 5.92 Å². The fourth-order valence-electron chi connectivity index (χ4n) is 5.16. The van der Waals surface area contributed by atoms with Gasteiger partial charge in [0.15, 0.2) is 0 Å². The fraction of sp³-hybridized carbons (Fsp3) is 0.538. The van der Waals surface area contributed by atoms with Gasteiger partial charge in [0.1, 0.15) is 0 Å². The largest absolute Gasteiger partial charge is 0.384 e. The number of nitrogens with one attached hydrogen (secondary N) is 3. The topological polar surface area (TPSA) is 42.6 Å². The highest BCUT2D eigenvalue weighted by Gasteiger charge is 2.33. The van der Waals surface area contributed by atoms with E-state index in [9.17, 15) is 0 Å². The highest BCUT2D eigenvalue weighted by Crippen LogP contribution is 2.35. The van der Waals surface area contributed by atoms with Crippen LogP contribution in [0.15, 0.2) is 60.7 Å². The number of rotatable bonds is 9. The molecule has 1 saturated carbocycles. The summed E-state index contributed by atoms with van der Waals surface area (Å²) >= 11 is 0. The number of allylic oxidation sites excluding steroid dienone is 1. The SMILES string of the molecule is C=C(NCCCN1CCc2ccccc2C1)C1=CN2CC(NC(=C)C3CC3)CCC2N1. The van der Waals surface area contributed by atoms with Crippen molar-refractivity contribution in [3.63, 3.8) is 0 Å². The van der Waals surface area contributed by atoms with Crippen LogP contribution in [0.5, 0.6) is 0 Å². The van der Waals surface area contributed by atoms with E-state index >= 15 is 0 Å². The molecular weight excluding hydrogens is 382 g/mol. The lowest BCUT2D eigenvalue weighted by molar-refractivity contribution is 0.183. The van der Waals surface area contributed by atoms with Gasteiger partial charge in [0.2, 0.25) is 0 Å². The molecule has 1 aromatic carbocycles. The second-order valence-corrected chi connectivity index (χ2v) is 9.67. The van der Waals surface area contributed by atoms with Gasteiger partial charge in [0.05, 0.1) is 17.6 Å². The molecular formula is C26H37N5. The van der Waals surface area contributed by atoms with Crippen LogP contribution >= 0.6 is 0 Å². The second-order valence-electron chi connectivity index (χ2n) is 9.67. The Morgan fingerprint density at radius 2 is 1.94 bits per heavy atom. The summed E-state index contributed by atoms with van der Waals surface area (Å²) in [7, 11) is 0. The van der Waals surface area contributed by atoms with E-state index in [4.69, 9.17) is 0 Å². The van der Waals surface area contributed by atoms with Gasteiger partial charge in [-0.1, -0.05) is 37.4 Å². The molecule has 5 heteroatoms. The third-order valence-electron chi connectivity index (χ3n) is 7.22. The first kappa shape index (κ1) is 20.5. The van der Waals surface area contributed by atoms with Gasteiger partial charge < -0.3 is 20.9 Å². The maximum Gasteiger partial charge on any atom is 0.0988 e. The van der Waals surface area contributed by atoms with Gasteiger partial charge in [-0.25, -0.2) is 0 Å². The fourth-order valence-corrected chi connectivity index (χ4v) is 5.16. The summed E-state index contributed by atoms with van der Waals surface area (Å²) in [5.41, 5.74) is 6.44. The van der Waals surface area contributed by atoms with E-state index in [-0.39, 0.29) is 0 Å². The van der Waals surface area contributed by atoms with Crippen molar-refractivity contribution in [3.8, 4) is 0 Å². The first-order valence-corrected chi connectivity index (χ1v) is 12.1. The second kappa shape index (κ2) is 8.99. The van der Waals surface area contributed by atoms with Crippen molar-refractivity contribution in [2.45, 2.75) is 57.3 Å². The molecule has 5 rings (SSSR count). The van der Waals surface area contributed by atoms with Crippen molar-refractivity contribution in [1.82, 2.24) is 25.8 Å². The molecule has 1 aliphatic carbocycles. The molecule has 1 aromatic rings. The normalized spacial score (nSPS) is 25.2. The van der Waals surface area contributed by atoms with Crippen molar-refractivity contribution < 1.29 is 0 Å². The number of piperidine rings is 1. The summed E-state index contributed by atoms with van der Waals surface area (Å²) in [5.74, 6) is 0.726. The zero-order chi connectivity index (χ0) is 21.2. The van der Waals surface area contributed by atoms with Crippen LogP contribution in [0.1, 0.15) is 43.2 Å². The monoisotopic (exact) mass is 419 g/mol. The standard InChI is InChI=1S/C26H37N5/c1-19(21-8-9-21)28-24-10-11-26-29-25(18-31(26)17-24)20(2)27-13-5-14-30-15-12-22-6-3-4-7-23(22)16-30/h3-4,6-7,18,21,24,26-29H,1-2,5,8-17H2. The Labute approximate surface area is 187 Å². The molecule has 0 radical (unpaired) electrons. The Hall–Kier alpha value is -2.40. The van der Waals surface area contributed by atoms with Crippen LogP contribution in [0.3, 0.4) is 0 Å². The summed E-state index contributed by atoms with van der Waals surface area (Å²) < 4.78 is 0. The molecule has 3 aliphatic heterocycles. The molecule has 5 nitrogen and oxygen atoms in total. The van der Waals surface area contributed by atoms with Gasteiger partial charge in [-0.05, 0) is 55.6 Å². The zero-order valence-electron chi connectivity index (χ0n) is 18.7. The molecule has 2 fully saturated rings. The highest BCUT2D eigenvalue weighted by atomic mass is 15.3. The summed E-state index contributed by atoms with van der Waals surface area (Å²) in [6, 6.07) is 9.37. The molecule has 4 aliphatic rings. The van der Waals surface area contributed by atoms with Crippen molar-refractivity contribution in [2.75, 3.05) is 26.2 Å². The molecule has 2 atom stereocenters. The Morgan fingerprint density at radius 1 is 1.10 bits per heavy atom. The summed E-state index contributed by atoms with van der Waals surface area (Å²) in [6.07, 6.45) is 9.95. The third-order valence-corrected chi connectivity index (χ3v) is 7.22. The van der Waals surface area contributed by atoms with Crippen LogP contribution in [0.2, 0.25) is 0 Å². The van der Waals surface area contributed by atoms with Gasteiger partial charge in [0.25, 0.3) is 0 Å². The van der Waals surface area contributed by atoms with Crippen LogP contribution in [0.4, 0.5) is 0 Å². The molecule has 0 amide bonds. The number of fused-ring (bicyclic) bond motifs is 2. The van der Waals surface area contributed by atoms with Crippen molar-refractivity contribution in [1.29, 1.82) is 0 Å². The minimum atomic E-state index is 0.411. The number of benzene rings is 1. The molecule has 1 saturated heterocycles. The molecule has 0 spiro atoms. The number of hydrogen-bond acceptors (Lipinski definition) is 5. The molecule has 31 heavy (non-hydrogen) atoms. The number of nitrogens with zero attached hydrogens (tertiary/aromatic N) is 2. The van der Waals surface area contributed by atoms with E-state index < -0.39 is 0 Å². The smallest absolute Gasteiger partial charge is 0.0988 e. The molecule has 3 heterocycles. The molecule has 0 bridgehead atoms. The minimum Gasteiger partial charge on any atom is -0.384 e. The molecule has 2 unspecified atom stereocenters. The molecule has 166 valence electrons. The highest BCUT2D eigenvalue weighted by molar-refractivity contribution is 5.30. The average molecular weight is 420 g/mol. The predicted molar refractivity (Wildman–Crippen MR) is 127 cm³/mol. The van der Waals surface area contributed by atoms with Gasteiger partial charge in [-0.15, -0.1) is 0 Å². The van der Waals surface area contributed by atoms with Crippen molar-refractivity contribution >= 4 is 0 Å². The third kappa shape index (κ3) is 4.93. The lowest BCUT2D eigenvalue weighted by Crippen LogP contribution is -2.49. The van der Waals surface area contributed by atoms with E-state index in [0.29, 0.717) is 12.2 Å². The predicted octanol–water partition coefficient (Wildman–Crippen LogP) is 3.29. The quantitative estimate of drug-likeness (QED) is 0.536. The maximum absolute atomic E-state index is 4.30. The van der Waals surface area contributed by atoms with Crippen LogP contribution in [-0.4, -0.2) is 48.2 Å². The Morgan fingerprint density at radius 3 is 2.77 bits per heavy atom. The van der Waals surface area contributed by atoms with Gasteiger partial charge in [0, 0.05) is 50.7 Å². The van der Waals surface area contributed by atoms with Crippen LogP contribution in [-0.2, 0) is 13.0 Å². The maximum atomic E-state index is 4.30. The van der Waals surface area contributed by atoms with Gasteiger partial charge in [-0.3, -0.25) is 4.90 Å². The molecule has 0 aromatic heterocycles. The lowest BCUT2D eigenvalue weighted by atomic mass is 10.00. The zero-order valence-corrected chi connectivity index (χ0v) is 18.7.